The minimum absolute atomic E-state index is 0.00349. The number of hydrogen-bond acceptors (Lipinski definition) is 5. The standard InChI is InChI=1S/C15H17Cl2NO3S/c16-11-5-10(8-20-4-2-19)12(13(17)6-11)7-18-9-22-14-1-3-21-15(14)18/h5-6,19H,1-4,7-9H2. The summed E-state index contributed by atoms with van der Waals surface area (Å²) in [5.74, 6) is 1.86. The molecule has 0 fully saturated rings. The first-order chi connectivity index (χ1) is 10.7. The van der Waals surface area contributed by atoms with Crippen molar-refractivity contribution < 1.29 is 14.6 Å². The van der Waals surface area contributed by atoms with Gasteiger partial charge < -0.3 is 19.5 Å². The number of thioether (sulfide) groups is 1. The third-order valence-corrected chi connectivity index (χ3v) is 5.31. The molecule has 4 nitrogen and oxygen atoms in total. The van der Waals surface area contributed by atoms with Crippen molar-refractivity contribution in [1.29, 1.82) is 0 Å². The molecule has 1 N–H and O–H groups in total. The molecule has 2 aliphatic heterocycles. The van der Waals surface area contributed by atoms with E-state index in [1.54, 1.807) is 6.07 Å². The van der Waals surface area contributed by atoms with Crippen molar-refractivity contribution in [3.8, 4) is 0 Å². The summed E-state index contributed by atoms with van der Waals surface area (Å²) in [5, 5.41) is 10.1. The molecule has 0 atom stereocenters. The SMILES string of the molecule is OCCOCc1cc(Cl)cc(Cl)c1CN1CSC2=C1OCC2. The number of aliphatic hydroxyl groups excluding tert-OH is 1. The van der Waals surface area contributed by atoms with Crippen LogP contribution in [0.3, 0.4) is 0 Å². The Bertz CT molecular complexity index is 594. The lowest BCUT2D eigenvalue weighted by Crippen LogP contribution is -2.21. The van der Waals surface area contributed by atoms with E-state index >= 15 is 0 Å². The normalized spacial score (nSPS) is 17.1. The fourth-order valence-electron chi connectivity index (χ4n) is 2.56. The lowest BCUT2D eigenvalue weighted by Gasteiger charge is -2.23. The maximum Gasteiger partial charge on any atom is 0.200 e. The van der Waals surface area contributed by atoms with E-state index in [1.165, 1.54) is 4.91 Å². The van der Waals surface area contributed by atoms with Gasteiger partial charge in [0.15, 0.2) is 5.88 Å². The van der Waals surface area contributed by atoms with Crippen molar-refractivity contribution in [3.05, 3.63) is 44.1 Å². The summed E-state index contributed by atoms with van der Waals surface area (Å²) in [6.45, 7) is 2.09. The molecule has 0 aliphatic carbocycles. The molecule has 120 valence electrons. The summed E-state index contributed by atoms with van der Waals surface area (Å²) in [7, 11) is 0. The lowest BCUT2D eigenvalue weighted by atomic mass is 10.1. The van der Waals surface area contributed by atoms with Crippen molar-refractivity contribution in [2.24, 2.45) is 0 Å². The number of benzene rings is 1. The predicted molar refractivity (Wildman–Crippen MR) is 88.8 cm³/mol. The van der Waals surface area contributed by atoms with Crippen LogP contribution in [-0.2, 0) is 22.6 Å². The zero-order chi connectivity index (χ0) is 15.5. The molecule has 0 aromatic heterocycles. The zero-order valence-electron chi connectivity index (χ0n) is 12.0. The number of ether oxygens (including phenoxy) is 2. The number of halogens is 2. The largest absolute Gasteiger partial charge is 0.478 e. The van der Waals surface area contributed by atoms with E-state index in [2.05, 4.69) is 4.90 Å². The van der Waals surface area contributed by atoms with Crippen molar-refractivity contribution in [3.63, 3.8) is 0 Å². The molecule has 1 aromatic rings. The summed E-state index contributed by atoms with van der Waals surface area (Å²) in [4.78, 5) is 3.51. The van der Waals surface area contributed by atoms with Gasteiger partial charge >= 0.3 is 0 Å². The Kier molecular flexibility index (Phi) is 5.42. The van der Waals surface area contributed by atoms with Crippen molar-refractivity contribution >= 4 is 35.0 Å². The first-order valence-electron chi connectivity index (χ1n) is 7.08. The third-order valence-electron chi connectivity index (χ3n) is 3.58. The minimum atomic E-state index is -0.00349. The molecule has 0 amide bonds. The third kappa shape index (κ3) is 3.49. The van der Waals surface area contributed by atoms with Gasteiger partial charge in [0.05, 0.1) is 32.3 Å². The molecule has 2 aliphatic rings. The highest BCUT2D eigenvalue weighted by Gasteiger charge is 2.29. The highest BCUT2D eigenvalue weighted by molar-refractivity contribution is 8.03. The van der Waals surface area contributed by atoms with Crippen molar-refractivity contribution in [2.75, 3.05) is 25.7 Å². The molecule has 7 heteroatoms. The molecule has 3 rings (SSSR count). The Balaban J connectivity index is 1.79. The van der Waals surface area contributed by atoms with E-state index < -0.39 is 0 Å². The Morgan fingerprint density at radius 3 is 3.05 bits per heavy atom. The molecule has 0 spiro atoms. The zero-order valence-corrected chi connectivity index (χ0v) is 14.3. The van der Waals surface area contributed by atoms with Crippen LogP contribution in [0.1, 0.15) is 17.5 Å². The van der Waals surface area contributed by atoms with Gasteiger partial charge in [-0.1, -0.05) is 23.2 Å². The number of nitrogens with zero attached hydrogens (tertiary/aromatic N) is 1. The average Bonchev–Trinajstić information content (AvgIpc) is 3.07. The van der Waals surface area contributed by atoms with E-state index in [9.17, 15) is 0 Å². The van der Waals surface area contributed by atoms with Gasteiger partial charge in [0, 0.05) is 27.9 Å². The van der Waals surface area contributed by atoms with Gasteiger partial charge in [-0.2, -0.15) is 0 Å². The van der Waals surface area contributed by atoms with E-state index in [0.717, 1.165) is 35.9 Å². The second-order valence-corrected chi connectivity index (χ2v) is 6.98. The van der Waals surface area contributed by atoms with Crippen LogP contribution in [0.4, 0.5) is 0 Å². The van der Waals surface area contributed by atoms with E-state index in [4.69, 9.17) is 37.8 Å². The molecule has 0 radical (unpaired) electrons. The van der Waals surface area contributed by atoms with E-state index in [1.807, 2.05) is 17.8 Å². The van der Waals surface area contributed by atoms with E-state index in [0.29, 0.717) is 29.8 Å². The fourth-order valence-corrected chi connectivity index (χ4v) is 4.22. The molecule has 0 bridgehead atoms. The first-order valence-corrected chi connectivity index (χ1v) is 8.82. The van der Waals surface area contributed by atoms with Gasteiger partial charge in [0.25, 0.3) is 0 Å². The maximum atomic E-state index is 8.84. The Morgan fingerprint density at radius 1 is 1.36 bits per heavy atom. The number of hydrogen-bond donors (Lipinski definition) is 1. The summed E-state index contributed by atoms with van der Waals surface area (Å²) in [6.07, 6.45) is 0.997. The van der Waals surface area contributed by atoms with Gasteiger partial charge in [-0.05, 0) is 23.3 Å². The van der Waals surface area contributed by atoms with Crippen LogP contribution in [0, 0.1) is 0 Å². The Hall–Kier alpha value is -0.590. The molecular formula is C15H17Cl2NO3S. The summed E-state index contributed by atoms with van der Waals surface area (Å²) >= 11 is 14.3. The number of aliphatic hydroxyl groups is 1. The van der Waals surface area contributed by atoms with Gasteiger partial charge in [0.2, 0.25) is 0 Å². The molecule has 1 aromatic carbocycles. The minimum Gasteiger partial charge on any atom is -0.478 e. The average molecular weight is 362 g/mol. The Labute approximate surface area is 144 Å². The summed E-state index contributed by atoms with van der Waals surface area (Å²) in [5.41, 5.74) is 1.94. The second-order valence-electron chi connectivity index (χ2n) is 5.10. The molecule has 0 saturated carbocycles. The van der Waals surface area contributed by atoms with Crippen LogP contribution in [0.25, 0.3) is 0 Å². The number of rotatable bonds is 6. The first kappa shape index (κ1) is 16.3. The van der Waals surface area contributed by atoms with Crippen LogP contribution in [0.5, 0.6) is 0 Å². The van der Waals surface area contributed by atoms with Crippen molar-refractivity contribution in [1.82, 2.24) is 4.90 Å². The van der Waals surface area contributed by atoms with Gasteiger partial charge in [-0.25, -0.2) is 0 Å². The maximum absolute atomic E-state index is 8.84. The highest BCUT2D eigenvalue weighted by Crippen LogP contribution is 2.40. The lowest BCUT2D eigenvalue weighted by molar-refractivity contribution is 0.0805. The van der Waals surface area contributed by atoms with E-state index in [-0.39, 0.29) is 6.61 Å². The fraction of sp³-hybridized carbons (Fsp3) is 0.467. The Morgan fingerprint density at radius 2 is 2.23 bits per heavy atom. The monoisotopic (exact) mass is 361 g/mol. The van der Waals surface area contributed by atoms with Crippen LogP contribution in [0.2, 0.25) is 10.0 Å². The summed E-state index contributed by atoms with van der Waals surface area (Å²) < 4.78 is 11.2. The van der Waals surface area contributed by atoms with Crippen LogP contribution >= 0.6 is 35.0 Å². The van der Waals surface area contributed by atoms with Crippen molar-refractivity contribution in [2.45, 2.75) is 19.6 Å². The van der Waals surface area contributed by atoms with Gasteiger partial charge in [-0.3, -0.25) is 0 Å². The van der Waals surface area contributed by atoms with Gasteiger partial charge in [0.1, 0.15) is 0 Å². The molecule has 0 unspecified atom stereocenters. The van der Waals surface area contributed by atoms with Gasteiger partial charge in [-0.15, -0.1) is 11.8 Å². The summed E-state index contributed by atoms with van der Waals surface area (Å²) in [6, 6.07) is 3.62. The smallest absolute Gasteiger partial charge is 0.200 e. The molecule has 2 heterocycles. The van der Waals surface area contributed by atoms with Crippen LogP contribution in [0.15, 0.2) is 22.9 Å². The molecular weight excluding hydrogens is 345 g/mol. The highest BCUT2D eigenvalue weighted by atomic mass is 35.5. The topological polar surface area (TPSA) is 41.9 Å². The second kappa shape index (κ2) is 7.32. The molecule has 22 heavy (non-hydrogen) atoms. The quantitative estimate of drug-likeness (QED) is 0.784. The molecule has 0 saturated heterocycles. The van der Waals surface area contributed by atoms with Crippen LogP contribution < -0.4 is 0 Å². The predicted octanol–water partition coefficient (Wildman–Crippen LogP) is 3.60. The van der Waals surface area contributed by atoms with Crippen LogP contribution in [-0.4, -0.2) is 35.7 Å².